The molecule has 0 radical (unpaired) electrons. The average Bonchev–Trinajstić information content (AvgIpc) is 2.91. The Morgan fingerprint density at radius 1 is 1.14 bits per heavy atom. The normalized spacial score (nSPS) is 11.7. The van der Waals surface area contributed by atoms with Crippen LogP contribution in [0.15, 0.2) is 52.9 Å². The number of hydrogen-bond acceptors (Lipinski definition) is 3. The Morgan fingerprint density at radius 3 is 2.52 bits per heavy atom. The van der Waals surface area contributed by atoms with E-state index in [4.69, 9.17) is 9.52 Å². The molecule has 0 aliphatic carbocycles. The highest BCUT2D eigenvalue weighted by Gasteiger charge is 2.29. The molecule has 3 rings (SSSR count). The molecule has 1 N–H and O–H groups in total. The van der Waals surface area contributed by atoms with E-state index in [2.05, 4.69) is 4.98 Å². The van der Waals surface area contributed by atoms with E-state index < -0.39 is 5.97 Å². The van der Waals surface area contributed by atoms with Crippen LogP contribution < -0.4 is 0 Å². The van der Waals surface area contributed by atoms with Crippen molar-refractivity contribution in [3.05, 3.63) is 65.5 Å². The molecule has 0 amide bonds. The lowest BCUT2D eigenvalue weighted by atomic mass is 9.84. The van der Waals surface area contributed by atoms with Crippen molar-refractivity contribution < 1.29 is 14.3 Å². The van der Waals surface area contributed by atoms with E-state index in [0.29, 0.717) is 17.0 Å². The monoisotopic (exact) mass is 281 g/mol. The van der Waals surface area contributed by atoms with Gasteiger partial charge in [0.2, 0.25) is 5.89 Å². The number of fused-ring (bicyclic) bond motifs is 1. The highest BCUT2D eigenvalue weighted by molar-refractivity contribution is 5.91. The first-order valence-electron chi connectivity index (χ1n) is 6.68. The lowest BCUT2D eigenvalue weighted by Gasteiger charge is -2.20. The van der Waals surface area contributed by atoms with Crippen LogP contribution in [-0.4, -0.2) is 16.1 Å². The Kier molecular flexibility index (Phi) is 3.01. The SMILES string of the molecule is CC(C)(c1ccccc1)c1nc2ccc(C(=O)O)cc2o1. The van der Waals surface area contributed by atoms with Gasteiger partial charge in [0.25, 0.3) is 0 Å². The fourth-order valence-electron chi connectivity index (χ4n) is 2.30. The second-order valence-electron chi connectivity index (χ2n) is 5.50. The number of oxazole rings is 1. The second kappa shape index (κ2) is 4.74. The third kappa shape index (κ3) is 2.29. The van der Waals surface area contributed by atoms with Crippen LogP contribution in [0.4, 0.5) is 0 Å². The van der Waals surface area contributed by atoms with Crippen molar-refractivity contribution in [2.45, 2.75) is 19.3 Å². The van der Waals surface area contributed by atoms with Gasteiger partial charge >= 0.3 is 5.97 Å². The molecule has 0 aliphatic heterocycles. The van der Waals surface area contributed by atoms with Gasteiger partial charge in [-0.3, -0.25) is 0 Å². The van der Waals surface area contributed by atoms with Gasteiger partial charge in [-0.25, -0.2) is 9.78 Å². The topological polar surface area (TPSA) is 63.3 Å². The summed E-state index contributed by atoms with van der Waals surface area (Å²) in [6.45, 7) is 4.07. The minimum absolute atomic E-state index is 0.197. The van der Waals surface area contributed by atoms with Crippen molar-refractivity contribution in [3.8, 4) is 0 Å². The molecule has 0 bridgehead atoms. The van der Waals surface area contributed by atoms with Crippen molar-refractivity contribution in [2.24, 2.45) is 0 Å². The van der Waals surface area contributed by atoms with Crippen molar-refractivity contribution in [1.29, 1.82) is 0 Å². The summed E-state index contributed by atoms with van der Waals surface area (Å²) in [5, 5.41) is 9.03. The maximum Gasteiger partial charge on any atom is 0.335 e. The molecule has 0 saturated carbocycles. The minimum atomic E-state index is -0.975. The molecule has 0 saturated heterocycles. The molecular formula is C17H15NO3. The van der Waals surface area contributed by atoms with Gasteiger partial charge in [0.15, 0.2) is 5.58 Å². The summed E-state index contributed by atoms with van der Waals surface area (Å²) in [5.41, 5.74) is 2.06. The number of rotatable bonds is 3. The third-order valence-electron chi connectivity index (χ3n) is 3.67. The van der Waals surface area contributed by atoms with Gasteiger partial charge in [0.1, 0.15) is 5.52 Å². The summed E-state index contributed by atoms with van der Waals surface area (Å²) >= 11 is 0. The zero-order valence-corrected chi connectivity index (χ0v) is 11.8. The van der Waals surface area contributed by atoms with E-state index in [1.807, 2.05) is 44.2 Å². The number of aromatic nitrogens is 1. The third-order valence-corrected chi connectivity index (χ3v) is 3.67. The molecule has 4 nitrogen and oxygen atoms in total. The zero-order chi connectivity index (χ0) is 15.0. The number of carbonyl (C=O) groups is 1. The van der Waals surface area contributed by atoms with Crippen LogP contribution in [0.5, 0.6) is 0 Å². The van der Waals surface area contributed by atoms with E-state index in [-0.39, 0.29) is 11.0 Å². The van der Waals surface area contributed by atoms with Crippen LogP contribution in [-0.2, 0) is 5.41 Å². The predicted molar refractivity (Wildman–Crippen MR) is 79.5 cm³/mol. The van der Waals surface area contributed by atoms with Gasteiger partial charge in [-0.15, -0.1) is 0 Å². The largest absolute Gasteiger partial charge is 0.478 e. The van der Waals surface area contributed by atoms with Crippen molar-refractivity contribution in [2.75, 3.05) is 0 Å². The molecular weight excluding hydrogens is 266 g/mol. The van der Waals surface area contributed by atoms with Crippen molar-refractivity contribution in [3.63, 3.8) is 0 Å². The molecule has 1 heterocycles. The maximum absolute atomic E-state index is 11.0. The van der Waals surface area contributed by atoms with Crippen LogP contribution in [0.25, 0.3) is 11.1 Å². The highest BCUT2D eigenvalue weighted by atomic mass is 16.4. The van der Waals surface area contributed by atoms with E-state index >= 15 is 0 Å². The van der Waals surface area contributed by atoms with Gasteiger partial charge in [-0.2, -0.15) is 0 Å². The van der Waals surface area contributed by atoms with Gasteiger partial charge in [0.05, 0.1) is 11.0 Å². The molecule has 0 spiro atoms. The smallest absolute Gasteiger partial charge is 0.335 e. The second-order valence-corrected chi connectivity index (χ2v) is 5.50. The standard InChI is InChI=1S/C17H15NO3/c1-17(2,12-6-4-3-5-7-12)16-18-13-9-8-11(15(19)20)10-14(13)21-16/h3-10H,1-2H3,(H,19,20). The highest BCUT2D eigenvalue weighted by Crippen LogP contribution is 2.32. The maximum atomic E-state index is 11.0. The van der Waals surface area contributed by atoms with E-state index in [9.17, 15) is 4.79 Å². The van der Waals surface area contributed by atoms with Crippen LogP contribution >= 0.6 is 0 Å². The minimum Gasteiger partial charge on any atom is -0.478 e. The van der Waals surface area contributed by atoms with Gasteiger partial charge in [0, 0.05) is 0 Å². The van der Waals surface area contributed by atoms with E-state index in [1.165, 1.54) is 12.1 Å². The number of nitrogens with zero attached hydrogens (tertiary/aromatic N) is 1. The predicted octanol–water partition coefficient (Wildman–Crippen LogP) is 3.85. The Morgan fingerprint density at radius 2 is 1.86 bits per heavy atom. The summed E-state index contributed by atoms with van der Waals surface area (Å²) in [7, 11) is 0. The zero-order valence-electron chi connectivity index (χ0n) is 11.8. The number of carboxylic acids is 1. The first kappa shape index (κ1) is 13.4. The fourth-order valence-corrected chi connectivity index (χ4v) is 2.30. The molecule has 0 fully saturated rings. The van der Waals surface area contributed by atoms with Crippen LogP contribution in [0, 0.1) is 0 Å². The molecule has 21 heavy (non-hydrogen) atoms. The van der Waals surface area contributed by atoms with Crippen LogP contribution in [0.3, 0.4) is 0 Å². The van der Waals surface area contributed by atoms with E-state index in [1.54, 1.807) is 6.07 Å². The van der Waals surface area contributed by atoms with Gasteiger partial charge < -0.3 is 9.52 Å². The Balaban J connectivity index is 2.10. The number of benzene rings is 2. The van der Waals surface area contributed by atoms with E-state index in [0.717, 1.165) is 5.56 Å². The van der Waals surface area contributed by atoms with Gasteiger partial charge in [-0.05, 0) is 37.6 Å². The molecule has 0 aliphatic rings. The van der Waals surface area contributed by atoms with Crippen molar-refractivity contribution >= 4 is 17.1 Å². The Labute approximate surface area is 122 Å². The summed E-state index contributed by atoms with van der Waals surface area (Å²) in [5.74, 6) is -0.400. The van der Waals surface area contributed by atoms with Crippen molar-refractivity contribution in [1.82, 2.24) is 4.98 Å². The summed E-state index contributed by atoms with van der Waals surface area (Å²) in [6.07, 6.45) is 0. The molecule has 3 aromatic rings. The molecule has 0 unspecified atom stereocenters. The number of carboxylic acid groups (broad SMARTS) is 1. The molecule has 2 aromatic carbocycles. The molecule has 4 heteroatoms. The summed E-state index contributed by atoms with van der Waals surface area (Å²) in [6, 6.07) is 14.7. The molecule has 0 atom stereocenters. The van der Waals surface area contributed by atoms with Gasteiger partial charge in [-0.1, -0.05) is 30.3 Å². The molecule has 1 aromatic heterocycles. The first-order valence-corrected chi connectivity index (χ1v) is 6.68. The number of aromatic carboxylic acids is 1. The lowest BCUT2D eigenvalue weighted by Crippen LogP contribution is -2.19. The Hall–Kier alpha value is -2.62. The molecule has 106 valence electrons. The lowest BCUT2D eigenvalue weighted by molar-refractivity contribution is 0.0697. The average molecular weight is 281 g/mol. The summed E-state index contributed by atoms with van der Waals surface area (Å²) in [4.78, 5) is 15.5. The number of hydrogen-bond donors (Lipinski definition) is 1. The quantitative estimate of drug-likeness (QED) is 0.792. The Bertz CT molecular complexity index is 803. The van der Waals surface area contributed by atoms with Crippen LogP contribution in [0.2, 0.25) is 0 Å². The first-order chi connectivity index (χ1) is 9.98. The fraction of sp³-hybridized carbons (Fsp3) is 0.176. The van der Waals surface area contributed by atoms with Crippen LogP contribution in [0.1, 0.15) is 35.7 Å². The summed E-state index contributed by atoms with van der Waals surface area (Å²) < 4.78 is 5.80.